The number of rotatable bonds is 1. The Kier molecular flexibility index (Phi) is 3.19. The maximum absolute atomic E-state index is 12.5. The van der Waals surface area contributed by atoms with E-state index in [2.05, 4.69) is 5.10 Å². The smallest absolute Gasteiger partial charge is 0.257 e. The van der Waals surface area contributed by atoms with E-state index in [4.69, 9.17) is 0 Å². The summed E-state index contributed by atoms with van der Waals surface area (Å²) < 4.78 is 1.74. The van der Waals surface area contributed by atoms with E-state index >= 15 is 0 Å². The Balaban J connectivity index is 2.18. The first-order chi connectivity index (χ1) is 8.32. The molecule has 1 saturated heterocycles. The average Bonchev–Trinajstić information content (AvgIpc) is 2.52. The van der Waals surface area contributed by atoms with Gasteiger partial charge >= 0.3 is 0 Å². The molecular weight excluding hydrogens is 230 g/mol. The molecular formula is C13H21N3O2. The zero-order valence-electron chi connectivity index (χ0n) is 11.5. The van der Waals surface area contributed by atoms with Gasteiger partial charge in [0.25, 0.3) is 5.91 Å². The number of carbonyl (C=O) groups is 1. The summed E-state index contributed by atoms with van der Waals surface area (Å²) in [5.41, 5.74) is 1.75. The number of aryl methyl sites for hydroxylation is 2. The van der Waals surface area contributed by atoms with E-state index in [1.165, 1.54) is 0 Å². The van der Waals surface area contributed by atoms with Crippen LogP contribution in [0.5, 0.6) is 0 Å². The molecule has 1 aromatic rings. The Morgan fingerprint density at radius 3 is 2.33 bits per heavy atom. The van der Waals surface area contributed by atoms with Crippen molar-refractivity contribution in [3.63, 3.8) is 0 Å². The fourth-order valence-corrected chi connectivity index (χ4v) is 2.43. The Bertz CT molecular complexity index is 467. The first-order valence-electron chi connectivity index (χ1n) is 6.34. The van der Waals surface area contributed by atoms with Crippen LogP contribution in [0, 0.1) is 13.8 Å². The maximum atomic E-state index is 12.5. The predicted molar refractivity (Wildman–Crippen MR) is 68.4 cm³/mol. The highest BCUT2D eigenvalue weighted by Crippen LogP contribution is 2.23. The number of likely N-dealkylation sites (tertiary alicyclic amines) is 1. The van der Waals surface area contributed by atoms with Crippen LogP contribution in [0.4, 0.5) is 0 Å². The molecule has 1 N–H and O–H groups in total. The number of aromatic nitrogens is 2. The number of carbonyl (C=O) groups excluding carboxylic acids is 1. The van der Waals surface area contributed by atoms with Gasteiger partial charge in [0.1, 0.15) is 0 Å². The standard InChI is InChI=1S/C13H21N3O2/c1-9-11(10(2)15(4)14-9)12(17)16-7-5-13(3,18)6-8-16/h18H,5-8H2,1-4H3. The molecule has 100 valence electrons. The Morgan fingerprint density at radius 1 is 1.33 bits per heavy atom. The van der Waals surface area contributed by atoms with Gasteiger partial charge in [0, 0.05) is 25.8 Å². The molecule has 5 nitrogen and oxygen atoms in total. The first kappa shape index (κ1) is 13.1. The number of aliphatic hydroxyl groups is 1. The molecule has 1 aromatic heterocycles. The zero-order valence-corrected chi connectivity index (χ0v) is 11.5. The second-order valence-corrected chi connectivity index (χ2v) is 5.46. The van der Waals surface area contributed by atoms with Crippen LogP contribution in [0.2, 0.25) is 0 Å². The van der Waals surface area contributed by atoms with Gasteiger partial charge < -0.3 is 10.0 Å². The van der Waals surface area contributed by atoms with Gasteiger partial charge in [-0.2, -0.15) is 5.10 Å². The van der Waals surface area contributed by atoms with E-state index in [9.17, 15) is 9.90 Å². The van der Waals surface area contributed by atoms with Gasteiger partial charge in [0.2, 0.25) is 0 Å². The zero-order chi connectivity index (χ0) is 13.5. The molecule has 1 amide bonds. The molecule has 0 spiro atoms. The third-order valence-corrected chi connectivity index (χ3v) is 3.85. The van der Waals surface area contributed by atoms with E-state index in [1.807, 2.05) is 32.7 Å². The lowest BCUT2D eigenvalue weighted by molar-refractivity contribution is -0.00205. The van der Waals surface area contributed by atoms with E-state index in [0.717, 1.165) is 11.4 Å². The number of amides is 1. The average molecular weight is 251 g/mol. The van der Waals surface area contributed by atoms with Crippen LogP contribution >= 0.6 is 0 Å². The molecule has 0 atom stereocenters. The lowest BCUT2D eigenvalue weighted by Gasteiger charge is -2.35. The van der Waals surface area contributed by atoms with Crippen LogP contribution < -0.4 is 0 Å². The largest absolute Gasteiger partial charge is 0.390 e. The van der Waals surface area contributed by atoms with Gasteiger partial charge in [-0.1, -0.05) is 0 Å². The lowest BCUT2D eigenvalue weighted by atomic mass is 9.93. The molecule has 0 aliphatic carbocycles. The molecule has 2 rings (SSSR count). The number of hydrogen-bond acceptors (Lipinski definition) is 3. The lowest BCUT2D eigenvalue weighted by Crippen LogP contribution is -2.45. The maximum Gasteiger partial charge on any atom is 0.257 e. The molecule has 1 aliphatic rings. The van der Waals surface area contributed by atoms with Gasteiger partial charge in [-0.25, -0.2) is 0 Å². The van der Waals surface area contributed by atoms with Crippen molar-refractivity contribution in [2.45, 2.75) is 39.2 Å². The van der Waals surface area contributed by atoms with Crippen molar-refractivity contribution in [2.24, 2.45) is 7.05 Å². The molecule has 0 bridgehead atoms. The monoisotopic (exact) mass is 251 g/mol. The van der Waals surface area contributed by atoms with Crippen LogP contribution in [-0.2, 0) is 7.05 Å². The molecule has 5 heteroatoms. The summed E-state index contributed by atoms with van der Waals surface area (Å²) in [6.07, 6.45) is 1.27. The molecule has 0 aromatic carbocycles. The molecule has 18 heavy (non-hydrogen) atoms. The van der Waals surface area contributed by atoms with E-state index in [-0.39, 0.29) is 5.91 Å². The highest BCUT2D eigenvalue weighted by molar-refractivity contribution is 5.96. The summed E-state index contributed by atoms with van der Waals surface area (Å²) in [4.78, 5) is 14.3. The van der Waals surface area contributed by atoms with Crippen molar-refractivity contribution in [1.29, 1.82) is 0 Å². The molecule has 1 aliphatic heterocycles. The van der Waals surface area contributed by atoms with Crippen LogP contribution in [0.15, 0.2) is 0 Å². The van der Waals surface area contributed by atoms with Crippen LogP contribution in [0.1, 0.15) is 41.5 Å². The highest BCUT2D eigenvalue weighted by atomic mass is 16.3. The van der Waals surface area contributed by atoms with Crippen molar-refractivity contribution in [2.75, 3.05) is 13.1 Å². The topological polar surface area (TPSA) is 58.4 Å². The predicted octanol–water partition coefficient (Wildman–Crippen LogP) is 1.02. The van der Waals surface area contributed by atoms with Gasteiger partial charge in [0.05, 0.1) is 16.9 Å². The summed E-state index contributed by atoms with van der Waals surface area (Å²) in [5, 5.41) is 14.2. The fraction of sp³-hybridized carbons (Fsp3) is 0.692. The van der Waals surface area contributed by atoms with Gasteiger partial charge in [0.15, 0.2) is 0 Å². The Hall–Kier alpha value is -1.36. The van der Waals surface area contributed by atoms with Crippen molar-refractivity contribution in [1.82, 2.24) is 14.7 Å². The molecule has 2 heterocycles. The summed E-state index contributed by atoms with van der Waals surface area (Å²) in [5.74, 6) is 0.0357. The van der Waals surface area contributed by atoms with E-state index < -0.39 is 5.60 Å². The van der Waals surface area contributed by atoms with Crippen LogP contribution in [0.25, 0.3) is 0 Å². The summed E-state index contributed by atoms with van der Waals surface area (Å²) >= 11 is 0. The molecule has 0 saturated carbocycles. The van der Waals surface area contributed by atoms with Crippen molar-refractivity contribution in [3.8, 4) is 0 Å². The summed E-state index contributed by atoms with van der Waals surface area (Å²) in [6, 6.07) is 0. The molecule has 0 unspecified atom stereocenters. The minimum atomic E-state index is -0.629. The quantitative estimate of drug-likeness (QED) is 0.811. The highest BCUT2D eigenvalue weighted by Gasteiger charge is 2.31. The summed E-state index contributed by atoms with van der Waals surface area (Å²) in [6.45, 7) is 6.82. The third-order valence-electron chi connectivity index (χ3n) is 3.85. The SMILES string of the molecule is Cc1nn(C)c(C)c1C(=O)N1CCC(C)(O)CC1. The molecule has 0 radical (unpaired) electrons. The Labute approximate surface area is 107 Å². The second-order valence-electron chi connectivity index (χ2n) is 5.46. The summed E-state index contributed by atoms with van der Waals surface area (Å²) in [7, 11) is 1.85. The van der Waals surface area contributed by atoms with Crippen LogP contribution in [0.3, 0.4) is 0 Å². The van der Waals surface area contributed by atoms with Crippen molar-refractivity contribution < 1.29 is 9.90 Å². The van der Waals surface area contributed by atoms with Gasteiger partial charge in [-0.3, -0.25) is 9.48 Å². The van der Waals surface area contributed by atoms with Crippen LogP contribution in [-0.4, -0.2) is 44.4 Å². The minimum absolute atomic E-state index is 0.0357. The Morgan fingerprint density at radius 2 is 1.89 bits per heavy atom. The number of nitrogens with zero attached hydrogens (tertiary/aromatic N) is 3. The van der Waals surface area contributed by atoms with Crippen molar-refractivity contribution >= 4 is 5.91 Å². The van der Waals surface area contributed by atoms with E-state index in [1.54, 1.807) is 4.68 Å². The number of hydrogen-bond donors (Lipinski definition) is 1. The minimum Gasteiger partial charge on any atom is -0.390 e. The molecule has 1 fully saturated rings. The third kappa shape index (κ3) is 2.27. The normalized spacial score (nSPS) is 19.1. The first-order valence-corrected chi connectivity index (χ1v) is 6.34. The van der Waals surface area contributed by atoms with Gasteiger partial charge in [-0.15, -0.1) is 0 Å². The number of piperidine rings is 1. The van der Waals surface area contributed by atoms with E-state index in [0.29, 0.717) is 31.5 Å². The van der Waals surface area contributed by atoms with Crippen molar-refractivity contribution in [3.05, 3.63) is 17.0 Å². The fourth-order valence-electron chi connectivity index (χ4n) is 2.43. The van der Waals surface area contributed by atoms with Gasteiger partial charge in [-0.05, 0) is 33.6 Å². The second kappa shape index (κ2) is 4.39.